The van der Waals surface area contributed by atoms with E-state index in [1.54, 1.807) is 6.08 Å². The molecule has 1 aliphatic rings. The highest BCUT2D eigenvalue weighted by molar-refractivity contribution is 5.91. The average molecular weight is 273 g/mol. The van der Waals surface area contributed by atoms with Gasteiger partial charge in [-0.25, -0.2) is 0 Å². The molecule has 1 aromatic carbocycles. The lowest BCUT2D eigenvalue weighted by Gasteiger charge is -2.35. The van der Waals surface area contributed by atoms with Crippen molar-refractivity contribution in [2.75, 3.05) is 32.9 Å². The molecule has 1 fully saturated rings. The Morgan fingerprint density at radius 2 is 2.05 bits per heavy atom. The van der Waals surface area contributed by atoms with E-state index in [4.69, 9.17) is 5.73 Å². The Balaban J connectivity index is 1.95. The summed E-state index contributed by atoms with van der Waals surface area (Å²) in [7, 11) is 4.14. The molecule has 2 rings (SSSR count). The zero-order valence-corrected chi connectivity index (χ0v) is 12.2. The molecule has 1 amide bonds. The Morgan fingerprint density at radius 3 is 2.70 bits per heavy atom. The van der Waals surface area contributed by atoms with Crippen molar-refractivity contribution in [2.24, 2.45) is 0 Å². The molecule has 0 bridgehead atoms. The smallest absolute Gasteiger partial charge is 0.246 e. The van der Waals surface area contributed by atoms with Crippen LogP contribution >= 0.6 is 0 Å². The Morgan fingerprint density at radius 1 is 1.35 bits per heavy atom. The number of likely N-dealkylation sites (N-methyl/N-ethyl adjacent to an activating group) is 1. The van der Waals surface area contributed by atoms with Gasteiger partial charge in [0.2, 0.25) is 5.91 Å². The normalized spacial score (nSPS) is 19.8. The molecule has 1 unspecified atom stereocenters. The van der Waals surface area contributed by atoms with Crippen molar-refractivity contribution in [3.05, 3.63) is 35.9 Å². The van der Waals surface area contributed by atoms with Crippen LogP contribution in [0.2, 0.25) is 0 Å². The first-order valence-electron chi connectivity index (χ1n) is 7.05. The summed E-state index contributed by atoms with van der Waals surface area (Å²) in [5, 5.41) is 0. The van der Waals surface area contributed by atoms with Crippen LogP contribution < -0.4 is 5.73 Å². The summed E-state index contributed by atoms with van der Waals surface area (Å²) in [4.78, 5) is 16.3. The second-order valence-electron chi connectivity index (χ2n) is 5.54. The van der Waals surface area contributed by atoms with Crippen molar-refractivity contribution in [2.45, 2.75) is 18.9 Å². The number of likely N-dealkylation sites (tertiary alicyclic amines) is 1. The van der Waals surface area contributed by atoms with Gasteiger partial charge in [0, 0.05) is 30.9 Å². The van der Waals surface area contributed by atoms with Crippen LogP contribution in [-0.4, -0.2) is 48.9 Å². The van der Waals surface area contributed by atoms with E-state index in [0.29, 0.717) is 6.04 Å². The molecule has 0 radical (unpaired) electrons. The highest BCUT2D eigenvalue weighted by Gasteiger charge is 2.23. The number of hydrogen-bond acceptors (Lipinski definition) is 3. The van der Waals surface area contributed by atoms with Gasteiger partial charge in [0.05, 0.1) is 0 Å². The first-order valence-corrected chi connectivity index (χ1v) is 7.05. The zero-order valence-electron chi connectivity index (χ0n) is 12.2. The number of anilines is 1. The van der Waals surface area contributed by atoms with Gasteiger partial charge in [-0.3, -0.25) is 4.79 Å². The molecule has 1 atom stereocenters. The molecule has 0 spiro atoms. The minimum absolute atomic E-state index is 0.0911. The molecule has 1 aliphatic heterocycles. The van der Waals surface area contributed by atoms with Crippen LogP contribution in [0.1, 0.15) is 18.4 Å². The van der Waals surface area contributed by atoms with Crippen LogP contribution in [-0.2, 0) is 4.79 Å². The van der Waals surface area contributed by atoms with Crippen molar-refractivity contribution in [3.63, 3.8) is 0 Å². The van der Waals surface area contributed by atoms with E-state index in [0.717, 1.165) is 30.8 Å². The van der Waals surface area contributed by atoms with Gasteiger partial charge in [-0.15, -0.1) is 0 Å². The quantitative estimate of drug-likeness (QED) is 0.675. The van der Waals surface area contributed by atoms with E-state index >= 15 is 0 Å². The number of piperidine rings is 1. The summed E-state index contributed by atoms with van der Waals surface area (Å²) in [5.41, 5.74) is 7.37. The lowest BCUT2D eigenvalue weighted by atomic mass is 10.0. The SMILES string of the molecule is CN(C)C1CCCN(C(=O)/C=C/c2ccc(N)cc2)C1. The summed E-state index contributed by atoms with van der Waals surface area (Å²) in [6, 6.07) is 7.98. The molecule has 0 saturated carbocycles. The molecule has 4 heteroatoms. The molecular formula is C16H23N3O. The lowest BCUT2D eigenvalue weighted by Crippen LogP contribution is -2.47. The lowest BCUT2D eigenvalue weighted by molar-refractivity contribution is -0.127. The summed E-state index contributed by atoms with van der Waals surface area (Å²) in [6.07, 6.45) is 5.74. The number of benzene rings is 1. The maximum atomic E-state index is 12.2. The maximum Gasteiger partial charge on any atom is 0.246 e. The average Bonchev–Trinajstić information content (AvgIpc) is 2.46. The number of rotatable bonds is 3. The highest BCUT2D eigenvalue weighted by atomic mass is 16.2. The summed E-state index contributed by atoms with van der Waals surface area (Å²) >= 11 is 0. The van der Waals surface area contributed by atoms with Crippen molar-refractivity contribution in [3.8, 4) is 0 Å². The maximum absolute atomic E-state index is 12.2. The number of nitrogens with zero attached hydrogens (tertiary/aromatic N) is 2. The molecule has 2 N–H and O–H groups in total. The van der Waals surface area contributed by atoms with Gasteiger partial charge in [0.1, 0.15) is 0 Å². The molecule has 1 saturated heterocycles. The number of amides is 1. The minimum Gasteiger partial charge on any atom is -0.399 e. The van der Waals surface area contributed by atoms with Gasteiger partial charge in [-0.1, -0.05) is 12.1 Å². The fraction of sp³-hybridized carbons (Fsp3) is 0.438. The fourth-order valence-electron chi connectivity index (χ4n) is 2.46. The minimum atomic E-state index is 0.0911. The summed E-state index contributed by atoms with van der Waals surface area (Å²) < 4.78 is 0. The topological polar surface area (TPSA) is 49.6 Å². The predicted molar refractivity (Wildman–Crippen MR) is 83.2 cm³/mol. The van der Waals surface area contributed by atoms with E-state index in [2.05, 4.69) is 19.0 Å². The van der Waals surface area contributed by atoms with E-state index < -0.39 is 0 Å². The monoisotopic (exact) mass is 273 g/mol. The molecule has 20 heavy (non-hydrogen) atoms. The van der Waals surface area contributed by atoms with Gasteiger partial charge < -0.3 is 15.5 Å². The van der Waals surface area contributed by atoms with Crippen molar-refractivity contribution in [1.29, 1.82) is 0 Å². The van der Waals surface area contributed by atoms with E-state index in [-0.39, 0.29) is 5.91 Å². The molecule has 1 heterocycles. The Kier molecular flexibility index (Phi) is 4.79. The molecule has 0 aromatic heterocycles. The zero-order chi connectivity index (χ0) is 14.5. The number of carbonyl (C=O) groups excluding carboxylic acids is 1. The summed E-state index contributed by atoms with van der Waals surface area (Å²) in [5.74, 6) is 0.0911. The van der Waals surface area contributed by atoms with E-state index in [1.165, 1.54) is 6.42 Å². The largest absolute Gasteiger partial charge is 0.399 e. The van der Waals surface area contributed by atoms with Gasteiger partial charge in [-0.2, -0.15) is 0 Å². The van der Waals surface area contributed by atoms with Crippen LogP contribution in [0.5, 0.6) is 0 Å². The Bertz CT molecular complexity index is 479. The van der Waals surface area contributed by atoms with Gasteiger partial charge in [0.25, 0.3) is 0 Å². The Labute approximate surface area is 120 Å². The highest BCUT2D eigenvalue weighted by Crippen LogP contribution is 2.14. The predicted octanol–water partition coefficient (Wildman–Crippen LogP) is 1.83. The second-order valence-corrected chi connectivity index (χ2v) is 5.54. The molecule has 0 aliphatic carbocycles. The van der Waals surface area contributed by atoms with Crippen molar-refractivity contribution in [1.82, 2.24) is 9.80 Å². The molecule has 108 valence electrons. The third-order valence-corrected chi connectivity index (χ3v) is 3.79. The van der Waals surface area contributed by atoms with Crippen LogP contribution in [0, 0.1) is 0 Å². The van der Waals surface area contributed by atoms with Crippen LogP contribution in [0.4, 0.5) is 5.69 Å². The van der Waals surface area contributed by atoms with Gasteiger partial charge >= 0.3 is 0 Å². The van der Waals surface area contributed by atoms with E-state index in [9.17, 15) is 4.79 Å². The number of nitrogen functional groups attached to an aromatic ring is 1. The first kappa shape index (κ1) is 14.6. The number of carbonyl (C=O) groups is 1. The van der Waals surface area contributed by atoms with Gasteiger partial charge in [-0.05, 0) is 50.7 Å². The third kappa shape index (κ3) is 3.84. The molecule has 4 nitrogen and oxygen atoms in total. The van der Waals surface area contributed by atoms with Crippen molar-refractivity contribution < 1.29 is 4.79 Å². The second kappa shape index (κ2) is 6.57. The van der Waals surface area contributed by atoms with Crippen molar-refractivity contribution >= 4 is 17.7 Å². The Hall–Kier alpha value is -1.81. The molecule has 1 aromatic rings. The third-order valence-electron chi connectivity index (χ3n) is 3.79. The van der Waals surface area contributed by atoms with E-state index in [1.807, 2.05) is 35.2 Å². The fourth-order valence-corrected chi connectivity index (χ4v) is 2.46. The van der Waals surface area contributed by atoms with Crippen LogP contribution in [0.25, 0.3) is 6.08 Å². The van der Waals surface area contributed by atoms with Gasteiger partial charge in [0.15, 0.2) is 0 Å². The summed E-state index contributed by atoms with van der Waals surface area (Å²) in [6.45, 7) is 1.67. The first-order chi connectivity index (χ1) is 9.56. The standard InChI is InChI=1S/C16H23N3O/c1-18(2)15-4-3-11-19(12-15)16(20)10-7-13-5-8-14(17)9-6-13/h5-10,15H,3-4,11-12,17H2,1-2H3/b10-7+. The molecular weight excluding hydrogens is 250 g/mol. The number of hydrogen-bond donors (Lipinski definition) is 1. The van der Waals surface area contributed by atoms with Crippen LogP contribution in [0.3, 0.4) is 0 Å². The van der Waals surface area contributed by atoms with Crippen LogP contribution in [0.15, 0.2) is 30.3 Å². The number of nitrogens with two attached hydrogens (primary N) is 1.